The number of benzene rings is 3. The van der Waals surface area contributed by atoms with E-state index >= 15 is 0 Å². The Balaban J connectivity index is 1.77. The van der Waals surface area contributed by atoms with Crippen molar-refractivity contribution in [2.45, 2.75) is 26.7 Å². The number of hydrogen-bond acceptors (Lipinski definition) is 7. The zero-order chi connectivity index (χ0) is 29.6. The molecule has 3 aromatic carbocycles. The molecular weight excluding hydrogens is 544 g/mol. The molecule has 1 aliphatic heterocycles. The van der Waals surface area contributed by atoms with Crippen LogP contribution in [0.3, 0.4) is 0 Å². The molecule has 0 aromatic heterocycles. The van der Waals surface area contributed by atoms with Gasteiger partial charge < -0.3 is 20.1 Å². The smallest absolute Gasteiger partial charge is 0.240 e. The lowest BCUT2D eigenvalue weighted by molar-refractivity contribution is -0.119. The number of carbonyl (C=O) groups excluding carboxylic acids is 2. The molecule has 11 heteroatoms. The molecule has 1 heterocycles. The molecule has 1 unspecified atom stereocenters. The Hall–Kier alpha value is -4.38. The molecular formula is C30H34N4O6S. The second-order valence-corrected chi connectivity index (χ2v) is 11.2. The van der Waals surface area contributed by atoms with E-state index < -0.39 is 21.8 Å². The van der Waals surface area contributed by atoms with Crippen molar-refractivity contribution >= 4 is 44.6 Å². The third kappa shape index (κ3) is 6.86. The Morgan fingerprint density at radius 2 is 1.61 bits per heavy atom. The summed E-state index contributed by atoms with van der Waals surface area (Å²) in [6, 6.07) is 19.5. The molecule has 0 bridgehead atoms. The predicted octanol–water partition coefficient (Wildman–Crippen LogP) is 4.24. The minimum Gasteiger partial charge on any atom is -0.490 e. The fourth-order valence-corrected chi connectivity index (χ4v) is 5.45. The van der Waals surface area contributed by atoms with Gasteiger partial charge in [-0.25, -0.2) is 8.42 Å². The summed E-state index contributed by atoms with van der Waals surface area (Å²) in [4.78, 5) is 30.4. The molecule has 216 valence electrons. The molecule has 1 aliphatic rings. The van der Waals surface area contributed by atoms with Crippen LogP contribution in [0.2, 0.25) is 0 Å². The van der Waals surface area contributed by atoms with Gasteiger partial charge in [-0.15, -0.1) is 0 Å². The SMILES string of the molecule is CCNC(=O)CN(c1ccc(N=C(c2ccccc2)C2C(=O)Nc3cc(OCC)c(OCC)cc32)cc1)S(C)(=O)=O. The number of sulfonamides is 1. The molecule has 0 saturated carbocycles. The van der Waals surface area contributed by atoms with E-state index in [0.717, 1.165) is 16.1 Å². The average molecular weight is 579 g/mol. The number of anilines is 2. The van der Waals surface area contributed by atoms with E-state index in [1.165, 1.54) is 0 Å². The largest absolute Gasteiger partial charge is 0.490 e. The molecule has 0 radical (unpaired) electrons. The van der Waals surface area contributed by atoms with Crippen molar-refractivity contribution < 1.29 is 27.5 Å². The Morgan fingerprint density at radius 1 is 0.976 bits per heavy atom. The van der Waals surface area contributed by atoms with Gasteiger partial charge in [-0.2, -0.15) is 0 Å². The predicted molar refractivity (Wildman–Crippen MR) is 160 cm³/mol. The topological polar surface area (TPSA) is 126 Å². The fourth-order valence-electron chi connectivity index (χ4n) is 4.60. The summed E-state index contributed by atoms with van der Waals surface area (Å²) in [7, 11) is -3.72. The van der Waals surface area contributed by atoms with Gasteiger partial charge in [0, 0.05) is 18.3 Å². The Labute approximate surface area is 240 Å². The van der Waals surface area contributed by atoms with Crippen LogP contribution in [0.5, 0.6) is 11.5 Å². The van der Waals surface area contributed by atoms with E-state index in [9.17, 15) is 18.0 Å². The van der Waals surface area contributed by atoms with Gasteiger partial charge >= 0.3 is 0 Å². The highest BCUT2D eigenvalue weighted by molar-refractivity contribution is 7.92. The van der Waals surface area contributed by atoms with Gasteiger partial charge in [-0.05, 0) is 62.2 Å². The summed E-state index contributed by atoms with van der Waals surface area (Å²) in [5, 5.41) is 5.57. The van der Waals surface area contributed by atoms with Crippen LogP contribution in [-0.4, -0.2) is 58.5 Å². The van der Waals surface area contributed by atoms with Crippen LogP contribution >= 0.6 is 0 Å². The second kappa shape index (κ2) is 12.9. The number of fused-ring (bicyclic) bond motifs is 1. The molecule has 2 amide bonds. The lowest BCUT2D eigenvalue weighted by Gasteiger charge is -2.22. The summed E-state index contributed by atoms with van der Waals surface area (Å²) < 4.78 is 37.5. The number of nitrogens with one attached hydrogen (secondary N) is 2. The number of rotatable bonds is 12. The number of nitrogens with zero attached hydrogens (tertiary/aromatic N) is 2. The van der Waals surface area contributed by atoms with Crippen molar-refractivity contribution in [2.24, 2.45) is 4.99 Å². The molecule has 0 aliphatic carbocycles. The van der Waals surface area contributed by atoms with E-state index in [-0.39, 0.29) is 12.5 Å². The normalized spacial score (nSPS) is 14.7. The van der Waals surface area contributed by atoms with E-state index in [2.05, 4.69) is 10.6 Å². The van der Waals surface area contributed by atoms with E-state index in [0.29, 0.717) is 59.6 Å². The van der Waals surface area contributed by atoms with Crippen molar-refractivity contribution in [3.05, 3.63) is 77.9 Å². The maximum absolute atomic E-state index is 13.4. The number of amides is 2. The Morgan fingerprint density at radius 3 is 2.20 bits per heavy atom. The first-order valence-electron chi connectivity index (χ1n) is 13.4. The molecule has 41 heavy (non-hydrogen) atoms. The molecule has 4 rings (SSSR count). The van der Waals surface area contributed by atoms with Gasteiger partial charge in [0.05, 0.1) is 36.6 Å². The average Bonchev–Trinajstić information content (AvgIpc) is 3.25. The van der Waals surface area contributed by atoms with Crippen LogP contribution < -0.4 is 24.4 Å². The van der Waals surface area contributed by atoms with E-state index in [4.69, 9.17) is 14.5 Å². The molecule has 0 saturated heterocycles. The summed E-state index contributed by atoms with van der Waals surface area (Å²) in [6.07, 6.45) is 1.05. The number of hydrogen-bond donors (Lipinski definition) is 2. The van der Waals surface area contributed by atoms with Crippen molar-refractivity contribution in [3.8, 4) is 11.5 Å². The van der Waals surface area contributed by atoms with Gasteiger partial charge in [-0.3, -0.25) is 18.9 Å². The van der Waals surface area contributed by atoms with Crippen LogP contribution in [0.1, 0.15) is 37.8 Å². The number of aliphatic imine (C=N–C) groups is 1. The van der Waals surface area contributed by atoms with E-state index in [1.54, 1.807) is 37.3 Å². The monoisotopic (exact) mass is 578 g/mol. The van der Waals surface area contributed by atoms with E-state index in [1.807, 2.05) is 50.2 Å². The minimum absolute atomic E-state index is 0.236. The van der Waals surface area contributed by atoms with Gasteiger partial charge in [0.25, 0.3) is 0 Å². The standard InChI is InChI=1S/C30H34N4O6S/c1-5-31-27(35)19-34(41(4,37)38)22-15-13-21(14-16-22)32-29(20-11-9-8-10-12-20)28-23-17-25(39-6-2)26(40-7-3)18-24(23)33-30(28)36/h8-18,28H,5-7,19H2,1-4H3,(H,31,35)(H,33,36). The highest BCUT2D eigenvalue weighted by Gasteiger charge is 2.37. The highest BCUT2D eigenvalue weighted by atomic mass is 32.2. The van der Waals surface area contributed by atoms with Crippen LogP contribution in [-0.2, 0) is 19.6 Å². The summed E-state index contributed by atoms with van der Waals surface area (Å²) >= 11 is 0. The first-order chi connectivity index (χ1) is 19.7. The highest BCUT2D eigenvalue weighted by Crippen LogP contribution is 2.43. The molecule has 1 atom stereocenters. The zero-order valence-corrected chi connectivity index (χ0v) is 24.3. The summed E-state index contributed by atoms with van der Waals surface area (Å²) in [5.41, 5.74) is 3.45. The van der Waals surface area contributed by atoms with Crippen molar-refractivity contribution in [2.75, 3.05) is 42.2 Å². The fraction of sp³-hybridized carbons (Fsp3) is 0.300. The number of carbonyl (C=O) groups is 2. The zero-order valence-electron chi connectivity index (χ0n) is 23.5. The Bertz CT molecular complexity index is 1540. The summed E-state index contributed by atoms with van der Waals surface area (Å²) in [6.45, 7) is 6.46. The van der Waals surface area contributed by atoms with Crippen molar-refractivity contribution in [1.82, 2.24) is 5.32 Å². The molecule has 0 fully saturated rings. The van der Waals surface area contributed by atoms with Crippen molar-refractivity contribution in [1.29, 1.82) is 0 Å². The van der Waals surface area contributed by atoms with Gasteiger partial charge in [0.15, 0.2) is 11.5 Å². The van der Waals surface area contributed by atoms with Gasteiger partial charge in [-0.1, -0.05) is 30.3 Å². The van der Waals surface area contributed by atoms with Crippen molar-refractivity contribution in [3.63, 3.8) is 0 Å². The maximum Gasteiger partial charge on any atom is 0.240 e. The molecule has 10 nitrogen and oxygen atoms in total. The lowest BCUT2D eigenvalue weighted by Crippen LogP contribution is -2.40. The number of ether oxygens (including phenoxy) is 2. The van der Waals surface area contributed by atoms with Crippen LogP contribution in [0.4, 0.5) is 17.1 Å². The third-order valence-corrected chi connectivity index (χ3v) is 7.48. The Kier molecular flexibility index (Phi) is 9.28. The van der Waals surface area contributed by atoms with Crippen LogP contribution in [0, 0.1) is 0 Å². The first kappa shape index (κ1) is 29.6. The summed E-state index contributed by atoms with van der Waals surface area (Å²) in [5.74, 6) is -0.283. The second-order valence-electron chi connectivity index (χ2n) is 9.28. The van der Waals surface area contributed by atoms with Gasteiger partial charge in [0.2, 0.25) is 21.8 Å². The molecule has 2 N–H and O–H groups in total. The molecule has 3 aromatic rings. The van der Waals surface area contributed by atoms with Crippen LogP contribution in [0.15, 0.2) is 71.7 Å². The van der Waals surface area contributed by atoms with Crippen LogP contribution in [0.25, 0.3) is 0 Å². The number of likely N-dealkylation sites (N-methyl/N-ethyl adjacent to an activating group) is 1. The first-order valence-corrected chi connectivity index (χ1v) is 15.2. The third-order valence-electron chi connectivity index (χ3n) is 6.34. The maximum atomic E-state index is 13.4. The lowest BCUT2D eigenvalue weighted by atomic mass is 9.90. The molecule has 0 spiro atoms. The quantitative estimate of drug-likeness (QED) is 0.310. The minimum atomic E-state index is -3.72. The van der Waals surface area contributed by atoms with Gasteiger partial charge in [0.1, 0.15) is 12.5 Å².